The number of fused-ring (bicyclic) bond motifs is 1. The van der Waals surface area contributed by atoms with Gasteiger partial charge in [0.05, 0.1) is 11.7 Å². The fourth-order valence-corrected chi connectivity index (χ4v) is 3.08. The number of hydrogen-bond donors (Lipinski definition) is 1. The summed E-state index contributed by atoms with van der Waals surface area (Å²) in [5, 5.41) is 10.7. The van der Waals surface area contributed by atoms with E-state index in [4.69, 9.17) is 0 Å². The number of rotatable bonds is 2. The van der Waals surface area contributed by atoms with Crippen molar-refractivity contribution in [3.05, 3.63) is 43.0 Å². The maximum atomic E-state index is 9.67. The molecular formula is C18H19N5O. The summed E-state index contributed by atoms with van der Waals surface area (Å²) in [4.78, 5) is 17.6. The maximum Gasteiger partial charge on any atom is 0.139 e. The summed E-state index contributed by atoms with van der Waals surface area (Å²) in [7, 11) is 2.14. The lowest BCUT2D eigenvalue weighted by molar-refractivity contribution is 0.312. The zero-order valence-corrected chi connectivity index (χ0v) is 13.6. The summed E-state index contributed by atoms with van der Waals surface area (Å²) < 4.78 is 0. The highest BCUT2D eigenvalue weighted by molar-refractivity contribution is 5.92. The fraction of sp³-hybridized carbons (Fsp3) is 0.278. The van der Waals surface area contributed by atoms with E-state index in [-0.39, 0.29) is 5.75 Å². The van der Waals surface area contributed by atoms with Gasteiger partial charge in [0.2, 0.25) is 0 Å². The fourth-order valence-electron chi connectivity index (χ4n) is 3.08. The number of aromatic hydroxyl groups is 1. The van der Waals surface area contributed by atoms with E-state index in [1.165, 1.54) is 6.20 Å². The lowest BCUT2D eigenvalue weighted by atomic mass is 10.0. The quantitative estimate of drug-likeness (QED) is 0.780. The van der Waals surface area contributed by atoms with Gasteiger partial charge in [0.25, 0.3) is 0 Å². The molecule has 0 unspecified atom stereocenters. The zero-order valence-electron chi connectivity index (χ0n) is 13.6. The predicted molar refractivity (Wildman–Crippen MR) is 94.1 cm³/mol. The Morgan fingerprint density at radius 1 is 0.958 bits per heavy atom. The molecule has 122 valence electrons. The van der Waals surface area contributed by atoms with Gasteiger partial charge in [-0.25, -0.2) is 9.97 Å². The van der Waals surface area contributed by atoms with Crippen LogP contribution in [-0.4, -0.2) is 58.2 Å². The van der Waals surface area contributed by atoms with Gasteiger partial charge in [0.1, 0.15) is 17.9 Å². The van der Waals surface area contributed by atoms with Crippen LogP contribution in [0.4, 0.5) is 5.82 Å². The Morgan fingerprint density at radius 2 is 1.79 bits per heavy atom. The van der Waals surface area contributed by atoms with Crippen molar-refractivity contribution in [1.29, 1.82) is 0 Å². The molecule has 1 aromatic carbocycles. The van der Waals surface area contributed by atoms with Crippen LogP contribution in [0.3, 0.4) is 0 Å². The molecule has 0 aliphatic carbocycles. The molecule has 2 aromatic heterocycles. The first-order valence-corrected chi connectivity index (χ1v) is 8.03. The van der Waals surface area contributed by atoms with Gasteiger partial charge >= 0.3 is 0 Å². The van der Waals surface area contributed by atoms with Gasteiger partial charge < -0.3 is 14.9 Å². The highest BCUT2D eigenvalue weighted by Gasteiger charge is 2.18. The molecule has 1 saturated heterocycles. The summed E-state index contributed by atoms with van der Waals surface area (Å²) in [5.41, 5.74) is 2.80. The number of piperazine rings is 1. The second kappa shape index (κ2) is 6.05. The molecule has 1 aliphatic rings. The van der Waals surface area contributed by atoms with Crippen molar-refractivity contribution in [2.75, 3.05) is 38.1 Å². The minimum atomic E-state index is 0.163. The van der Waals surface area contributed by atoms with Gasteiger partial charge in [-0.3, -0.25) is 4.98 Å². The van der Waals surface area contributed by atoms with Crippen LogP contribution in [0.25, 0.3) is 22.0 Å². The van der Waals surface area contributed by atoms with Crippen molar-refractivity contribution in [3.8, 4) is 16.9 Å². The number of pyridine rings is 1. The lowest BCUT2D eigenvalue weighted by Gasteiger charge is -2.33. The number of anilines is 1. The van der Waals surface area contributed by atoms with Gasteiger partial charge in [-0.2, -0.15) is 0 Å². The smallest absolute Gasteiger partial charge is 0.139 e. The van der Waals surface area contributed by atoms with Crippen LogP contribution in [0, 0.1) is 0 Å². The molecule has 6 nitrogen and oxygen atoms in total. The van der Waals surface area contributed by atoms with Crippen molar-refractivity contribution in [2.45, 2.75) is 0 Å². The van der Waals surface area contributed by atoms with Crippen LogP contribution < -0.4 is 4.90 Å². The van der Waals surface area contributed by atoms with Crippen LogP contribution in [0.1, 0.15) is 0 Å². The first kappa shape index (κ1) is 14.8. The highest BCUT2D eigenvalue weighted by atomic mass is 16.3. The Labute approximate surface area is 140 Å². The standard InChI is InChI=1S/C18H19N5O/c1-22-4-6-23(7-5-22)18-16-9-13(2-3-17(16)20-12-21-18)14-8-15(24)11-19-10-14/h2-3,8-12,24H,4-7H2,1H3. The molecule has 1 aliphatic heterocycles. The minimum Gasteiger partial charge on any atom is -0.506 e. The molecule has 24 heavy (non-hydrogen) atoms. The summed E-state index contributed by atoms with van der Waals surface area (Å²) in [6.07, 6.45) is 4.81. The molecule has 1 N–H and O–H groups in total. The van der Waals surface area contributed by atoms with E-state index in [9.17, 15) is 5.11 Å². The van der Waals surface area contributed by atoms with Crippen molar-refractivity contribution in [1.82, 2.24) is 19.9 Å². The molecule has 4 rings (SSSR count). The first-order valence-electron chi connectivity index (χ1n) is 8.03. The van der Waals surface area contributed by atoms with Gasteiger partial charge in [-0.05, 0) is 30.8 Å². The van der Waals surface area contributed by atoms with Gasteiger partial charge in [-0.1, -0.05) is 6.07 Å². The number of nitrogens with zero attached hydrogens (tertiary/aromatic N) is 5. The van der Waals surface area contributed by atoms with Crippen LogP contribution >= 0.6 is 0 Å². The molecule has 0 amide bonds. The van der Waals surface area contributed by atoms with Crippen molar-refractivity contribution in [2.24, 2.45) is 0 Å². The number of hydrogen-bond acceptors (Lipinski definition) is 6. The molecule has 3 heterocycles. The second-order valence-corrected chi connectivity index (χ2v) is 6.15. The average molecular weight is 321 g/mol. The molecule has 0 spiro atoms. The molecular weight excluding hydrogens is 302 g/mol. The minimum absolute atomic E-state index is 0.163. The lowest BCUT2D eigenvalue weighted by Crippen LogP contribution is -2.44. The van der Waals surface area contributed by atoms with Crippen molar-refractivity contribution >= 4 is 16.7 Å². The van der Waals surface area contributed by atoms with Crippen LogP contribution in [0.2, 0.25) is 0 Å². The van der Waals surface area contributed by atoms with Crippen LogP contribution in [0.15, 0.2) is 43.0 Å². The van der Waals surface area contributed by atoms with Gasteiger partial charge in [0.15, 0.2) is 0 Å². The Hall–Kier alpha value is -2.73. The first-order chi connectivity index (χ1) is 11.7. The normalized spacial score (nSPS) is 15.8. The average Bonchev–Trinajstić information content (AvgIpc) is 2.61. The van der Waals surface area contributed by atoms with Crippen LogP contribution in [0.5, 0.6) is 5.75 Å². The van der Waals surface area contributed by atoms with E-state index < -0.39 is 0 Å². The summed E-state index contributed by atoms with van der Waals surface area (Å²) in [6, 6.07) is 7.79. The topological polar surface area (TPSA) is 65.4 Å². The number of likely N-dealkylation sites (N-methyl/N-ethyl adjacent to an activating group) is 1. The van der Waals surface area contributed by atoms with Gasteiger partial charge in [0, 0.05) is 43.3 Å². The molecule has 0 radical (unpaired) electrons. The monoisotopic (exact) mass is 321 g/mol. The van der Waals surface area contributed by atoms with E-state index in [2.05, 4.69) is 37.9 Å². The predicted octanol–water partition coefficient (Wildman–Crippen LogP) is 2.15. The number of aromatic nitrogens is 3. The third-order valence-electron chi connectivity index (χ3n) is 4.47. The highest BCUT2D eigenvalue weighted by Crippen LogP contribution is 2.29. The largest absolute Gasteiger partial charge is 0.506 e. The zero-order chi connectivity index (χ0) is 16.5. The summed E-state index contributed by atoms with van der Waals surface area (Å²) in [6.45, 7) is 3.98. The molecule has 0 bridgehead atoms. The third kappa shape index (κ3) is 2.76. The Bertz CT molecular complexity index is 874. The summed E-state index contributed by atoms with van der Waals surface area (Å²) in [5.74, 6) is 1.14. The Morgan fingerprint density at radius 3 is 2.58 bits per heavy atom. The maximum absolute atomic E-state index is 9.67. The van der Waals surface area contributed by atoms with E-state index in [1.54, 1.807) is 18.6 Å². The molecule has 1 fully saturated rings. The van der Waals surface area contributed by atoms with E-state index in [1.807, 2.05) is 12.1 Å². The van der Waals surface area contributed by atoms with E-state index in [0.717, 1.165) is 54.0 Å². The molecule has 0 saturated carbocycles. The third-order valence-corrected chi connectivity index (χ3v) is 4.47. The van der Waals surface area contributed by atoms with Crippen LogP contribution in [-0.2, 0) is 0 Å². The van der Waals surface area contributed by atoms with Gasteiger partial charge in [-0.15, -0.1) is 0 Å². The van der Waals surface area contributed by atoms with E-state index in [0.29, 0.717) is 0 Å². The SMILES string of the molecule is CN1CCN(c2ncnc3ccc(-c4cncc(O)c4)cc23)CC1. The second-order valence-electron chi connectivity index (χ2n) is 6.15. The summed E-state index contributed by atoms with van der Waals surface area (Å²) >= 11 is 0. The molecule has 3 aromatic rings. The Kier molecular flexibility index (Phi) is 3.74. The Balaban J connectivity index is 1.79. The molecule has 6 heteroatoms. The molecule has 0 atom stereocenters. The van der Waals surface area contributed by atoms with E-state index >= 15 is 0 Å². The number of benzene rings is 1. The van der Waals surface area contributed by atoms with Crippen molar-refractivity contribution < 1.29 is 5.11 Å². The van der Waals surface area contributed by atoms with Crippen molar-refractivity contribution in [3.63, 3.8) is 0 Å².